The Labute approximate surface area is 179 Å². The lowest BCUT2D eigenvalue weighted by Gasteiger charge is -2.26. The summed E-state index contributed by atoms with van der Waals surface area (Å²) in [6.07, 6.45) is 0. The van der Waals surface area contributed by atoms with Crippen molar-refractivity contribution in [3.8, 4) is 17.2 Å². The first kappa shape index (κ1) is 21.8. The van der Waals surface area contributed by atoms with Crippen LogP contribution >= 0.6 is 0 Å². The highest BCUT2D eigenvalue weighted by atomic mass is 16.3. The number of benzene rings is 3. The van der Waals surface area contributed by atoms with Crippen LogP contribution in [0.15, 0.2) is 48.5 Å². The van der Waals surface area contributed by atoms with Crippen molar-refractivity contribution in [2.75, 3.05) is 0 Å². The van der Waals surface area contributed by atoms with E-state index in [1.807, 2.05) is 38.1 Å². The summed E-state index contributed by atoms with van der Waals surface area (Å²) in [5.41, 5.74) is 7.14. The molecule has 3 heteroatoms. The Kier molecular flexibility index (Phi) is 6.12. The summed E-state index contributed by atoms with van der Waals surface area (Å²) in [7, 11) is 0. The van der Waals surface area contributed by atoms with Crippen LogP contribution in [0.4, 0.5) is 0 Å². The van der Waals surface area contributed by atoms with Crippen LogP contribution in [-0.4, -0.2) is 15.3 Å². The molecule has 3 rings (SSSR count). The number of rotatable bonds is 5. The topological polar surface area (TPSA) is 60.7 Å². The van der Waals surface area contributed by atoms with Gasteiger partial charge in [-0.1, -0.05) is 52.0 Å². The monoisotopic (exact) mass is 404 g/mol. The molecule has 0 fully saturated rings. The Morgan fingerprint density at radius 2 is 0.967 bits per heavy atom. The molecule has 158 valence electrons. The van der Waals surface area contributed by atoms with Crippen LogP contribution in [0.2, 0.25) is 0 Å². The maximum Gasteiger partial charge on any atom is 0.119 e. The molecular weight excluding hydrogens is 372 g/mol. The zero-order chi connectivity index (χ0) is 22.2. The fourth-order valence-corrected chi connectivity index (χ4v) is 4.19. The average Bonchev–Trinajstić information content (AvgIpc) is 2.65. The van der Waals surface area contributed by atoms with E-state index in [4.69, 9.17) is 0 Å². The van der Waals surface area contributed by atoms with E-state index in [1.54, 1.807) is 12.1 Å². The molecule has 0 aromatic heterocycles. The van der Waals surface area contributed by atoms with Crippen molar-refractivity contribution in [2.45, 2.75) is 59.3 Å². The molecule has 3 N–H and O–H groups in total. The smallest absolute Gasteiger partial charge is 0.119 e. The maximum absolute atomic E-state index is 10.5. The molecule has 0 bridgehead atoms. The van der Waals surface area contributed by atoms with Crippen molar-refractivity contribution in [1.29, 1.82) is 0 Å². The summed E-state index contributed by atoms with van der Waals surface area (Å²) < 4.78 is 0. The van der Waals surface area contributed by atoms with Crippen molar-refractivity contribution < 1.29 is 15.3 Å². The molecule has 30 heavy (non-hydrogen) atoms. The van der Waals surface area contributed by atoms with E-state index in [-0.39, 0.29) is 23.5 Å². The second-order valence-corrected chi connectivity index (χ2v) is 8.87. The Bertz CT molecular complexity index is 983. The predicted molar refractivity (Wildman–Crippen MR) is 123 cm³/mol. The minimum absolute atomic E-state index is 0.0817. The summed E-state index contributed by atoms with van der Waals surface area (Å²) in [6, 6.07) is 15.2. The van der Waals surface area contributed by atoms with E-state index < -0.39 is 0 Å². The number of aryl methyl sites for hydroxylation is 2. The van der Waals surface area contributed by atoms with Gasteiger partial charge in [-0.2, -0.15) is 0 Å². The first-order chi connectivity index (χ1) is 14.1. The Balaban J connectivity index is 2.33. The van der Waals surface area contributed by atoms with Crippen LogP contribution in [0, 0.1) is 13.8 Å². The molecule has 0 saturated heterocycles. The molecule has 0 amide bonds. The van der Waals surface area contributed by atoms with Crippen LogP contribution in [0.25, 0.3) is 0 Å². The van der Waals surface area contributed by atoms with Gasteiger partial charge in [-0.25, -0.2) is 0 Å². The van der Waals surface area contributed by atoms with E-state index in [9.17, 15) is 15.3 Å². The standard InChI is InChI=1S/C27H32O3/c1-15(2)21-13-23(17(5)11-25(21)29)27(19-7-9-20(28)10-8-19)24-14-22(16(3)4)26(30)12-18(24)6/h7-16,27-30H,1-6H3. The summed E-state index contributed by atoms with van der Waals surface area (Å²) in [5, 5.41) is 30.8. The van der Waals surface area contributed by atoms with E-state index in [0.717, 1.165) is 38.9 Å². The second kappa shape index (κ2) is 8.43. The highest BCUT2D eigenvalue weighted by Crippen LogP contribution is 2.42. The van der Waals surface area contributed by atoms with E-state index >= 15 is 0 Å². The largest absolute Gasteiger partial charge is 0.508 e. The fraction of sp³-hybridized carbons (Fsp3) is 0.333. The summed E-state index contributed by atoms with van der Waals surface area (Å²) in [4.78, 5) is 0. The second-order valence-electron chi connectivity index (χ2n) is 8.87. The van der Waals surface area contributed by atoms with Crippen molar-refractivity contribution in [2.24, 2.45) is 0 Å². The molecule has 0 heterocycles. The SMILES string of the molecule is Cc1cc(O)c(C(C)C)cc1C(c1ccc(O)cc1)c1cc(C(C)C)c(O)cc1C. The molecule has 0 aliphatic heterocycles. The van der Waals surface area contributed by atoms with Crippen molar-refractivity contribution in [3.05, 3.63) is 87.5 Å². The predicted octanol–water partition coefficient (Wildman–Crippen LogP) is 6.85. The number of aromatic hydroxyl groups is 3. The third kappa shape index (κ3) is 4.16. The highest BCUT2D eigenvalue weighted by Gasteiger charge is 2.24. The lowest BCUT2D eigenvalue weighted by molar-refractivity contribution is 0.464. The quantitative estimate of drug-likeness (QED) is 0.408. The van der Waals surface area contributed by atoms with Crippen LogP contribution in [0.1, 0.15) is 84.4 Å². The number of hydrogen-bond acceptors (Lipinski definition) is 3. The van der Waals surface area contributed by atoms with Crippen LogP contribution < -0.4 is 0 Å². The van der Waals surface area contributed by atoms with Crippen molar-refractivity contribution in [1.82, 2.24) is 0 Å². The third-order valence-electron chi connectivity index (χ3n) is 5.92. The molecule has 0 unspecified atom stereocenters. The zero-order valence-electron chi connectivity index (χ0n) is 18.7. The summed E-state index contributed by atoms with van der Waals surface area (Å²) >= 11 is 0. The molecule has 0 aliphatic carbocycles. The normalized spacial score (nSPS) is 11.6. The van der Waals surface area contributed by atoms with Gasteiger partial charge in [-0.05, 0) is 88.9 Å². The van der Waals surface area contributed by atoms with Crippen LogP contribution in [0.5, 0.6) is 17.2 Å². The molecule has 0 aliphatic rings. The summed E-state index contributed by atoms with van der Waals surface area (Å²) in [6.45, 7) is 12.3. The first-order valence-electron chi connectivity index (χ1n) is 10.6. The third-order valence-corrected chi connectivity index (χ3v) is 5.92. The average molecular weight is 405 g/mol. The molecule has 0 spiro atoms. The molecule has 3 aromatic carbocycles. The van der Waals surface area contributed by atoms with Crippen LogP contribution in [-0.2, 0) is 0 Å². The molecular formula is C27H32O3. The Morgan fingerprint density at radius 1 is 0.567 bits per heavy atom. The molecule has 0 atom stereocenters. The van der Waals surface area contributed by atoms with Gasteiger partial charge in [0.05, 0.1) is 0 Å². The fourth-order valence-electron chi connectivity index (χ4n) is 4.19. The maximum atomic E-state index is 10.5. The molecule has 0 saturated carbocycles. The molecule has 3 aromatic rings. The Hall–Kier alpha value is -2.94. The molecule has 0 radical (unpaired) electrons. The lowest BCUT2D eigenvalue weighted by atomic mass is 9.78. The van der Waals surface area contributed by atoms with Gasteiger partial charge < -0.3 is 15.3 Å². The van der Waals surface area contributed by atoms with Gasteiger partial charge in [0.1, 0.15) is 17.2 Å². The summed E-state index contributed by atoms with van der Waals surface area (Å²) in [5.74, 6) is 1.17. The minimum Gasteiger partial charge on any atom is -0.508 e. The Morgan fingerprint density at radius 3 is 1.33 bits per heavy atom. The van der Waals surface area contributed by atoms with E-state index in [2.05, 4.69) is 39.8 Å². The van der Waals surface area contributed by atoms with Gasteiger partial charge in [0.25, 0.3) is 0 Å². The minimum atomic E-state index is -0.0817. The highest BCUT2D eigenvalue weighted by molar-refractivity contribution is 5.55. The van der Waals surface area contributed by atoms with Gasteiger partial charge >= 0.3 is 0 Å². The zero-order valence-corrected chi connectivity index (χ0v) is 18.7. The van der Waals surface area contributed by atoms with Gasteiger partial charge in [-0.3, -0.25) is 0 Å². The van der Waals surface area contributed by atoms with E-state index in [1.165, 1.54) is 0 Å². The molecule has 3 nitrogen and oxygen atoms in total. The van der Waals surface area contributed by atoms with Gasteiger partial charge in [0, 0.05) is 5.92 Å². The number of phenolic OH excluding ortho intramolecular Hbond substituents is 3. The first-order valence-corrected chi connectivity index (χ1v) is 10.6. The van der Waals surface area contributed by atoms with Gasteiger partial charge in [0.2, 0.25) is 0 Å². The lowest BCUT2D eigenvalue weighted by Crippen LogP contribution is -2.09. The van der Waals surface area contributed by atoms with Gasteiger partial charge in [0.15, 0.2) is 0 Å². The van der Waals surface area contributed by atoms with Crippen molar-refractivity contribution >= 4 is 0 Å². The van der Waals surface area contributed by atoms with Crippen molar-refractivity contribution in [3.63, 3.8) is 0 Å². The van der Waals surface area contributed by atoms with Gasteiger partial charge in [-0.15, -0.1) is 0 Å². The number of hydrogen-bond donors (Lipinski definition) is 3. The number of phenols is 3. The van der Waals surface area contributed by atoms with Crippen LogP contribution in [0.3, 0.4) is 0 Å². The van der Waals surface area contributed by atoms with E-state index in [0.29, 0.717) is 11.5 Å².